The second-order valence-electron chi connectivity index (χ2n) is 1.89. The lowest BCUT2D eigenvalue weighted by molar-refractivity contribution is 1.14. The molecule has 0 unspecified atom stereocenters. The van der Waals surface area contributed by atoms with Crippen LogP contribution in [-0.2, 0) is 0 Å². The second kappa shape index (κ2) is 3.26. The van der Waals surface area contributed by atoms with E-state index >= 15 is 0 Å². The number of pyridine rings is 1. The Labute approximate surface area is 69.2 Å². The highest BCUT2D eigenvalue weighted by molar-refractivity contribution is 7.98. The van der Waals surface area contributed by atoms with E-state index in [9.17, 15) is 0 Å². The summed E-state index contributed by atoms with van der Waals surface area (Å²) in [7, 11) is 0. The molecule has 0 atom stereocenters. The molecule has 0 aliphatic heterocycles. The van der Waals surface area contributed by atoms with Gasteiger partial charge in [0.05, 0.1) is 11.3 Å². The average Bonchev–Trinajstić information content (AvgIpc) is 2.05. The molecule has 1 aromatic heterocycles. The summed E-state index contributed by atoms with van der Waals surface area (Å²) in [6, 6.07) is 3.60. The summed E-state index contributed by atoms with van der Waals surface area (Å²) in [5.41, 5.74) is 6.56. The Bertz CT molecular complexity index is 303. The molecular formula is C7H7N3S. The van der Waals surface area contributed by atoms with E-state index in [1.165, 1.54) is 11.8 Å². The van der Waals surface area contributed by atoms with Crippen molar-refractivity contribution in [3.8, 4) is 6.07 Å². The first-order valence-corrected chi connectivity index (χ1v) is 4.20. The Morgan fingerprint density at radius 1 is 1.73 bits per heavy atom. The molecule has 0 fully saturated rings. The highest BCUT2D eigenvalue weighted by Gasteiger charge is 2.02. The number of nitriles is 1. The lowest BCUT2D eigenvalue weighted by Crippen LogP contribution is -1.94. The van der Waals surface area contributed by atoms with Crippen LogP contribution in [0.2, 0.25) is 0 Å². The largest absolute Gasteiger partial charge is 0.395 e. The van der Waals surface area contributed by atoms with Crippen LogP contribution in [0.3, 0.4) is 0 Å². The minimum Gasteiger partial charge on any atom is -0.395 e. The Hall–Kier alpha value is -1.21. The molecule has 0 amide bonds. The number of nitrogens with zero attached hydrogens (tertiary/aromatic N) is 2. The molecule has 0 saturated carbocycles. The van der Waals surface area contributed by atoms with Gasteiger partial charge in [0.2, 0.25) is 0 Å². The topological polar surface area (TPSA) is 62.7 Å². The second-order valence-corrected chi connectivity index (χ2v) is 2.69. The van der Waals surface area contributed by atoms with Gasteiger partial charge < -0.3 is 5.73 Å². The molecule has 1 rings (SSSR count). The molecule has 0 radical (unpaired) electrons. The van der Waals surface area contributed by atoms with E-state index in [0.717, 1.165) is 0 Å². The first-order valence-electron chi connectivity index (χ1n) is 2.98. The zero-order valence-corrected chi connectivity index (χ0v) is 6.85. The Morgan fingerprint density at radius 2 is 2.45 bits per heavy atom. The van der Waals surface area contributed by atoms with Crippen molar-refractivity contribution in [2.45, 2.75) is 5.03 Å². The Morgan fingerprint density at radius 3 is 3.00 bits per heavy atom. The van der Waals surface area contributed by atoms with Gasteiger partial charge in [-0.25, -0.2) is 4.98 Å². The molecular weight excluding hydrogens is 158 g/mol. The van der Waals surface area contributed by atoms with E-state index < -0.39 is 0 Å². The molecule has 56 valence electrons. The molecule has 1 aromatic rings. The van der Waals surface area contributed by atoms with Crippen LogP contribution in [0.4, 0.5) is 5.69 Å². The molecule has 0 saturated heterocycles. The van der Waals surface area contributed by atoms with Gasteiger partial charge in [-0.15, -0.1) is 11.8 Å². The molecule has 0 aromatic carbocycles. The summed E-state index contributed by atoms with van der Waals surface area (Å²) < 4.78 is 0. The van der Waals surface area contributed by atoms with Crippen LogP contribution < -0.4 is 5.73 Å². The maximum atomic E-state index is 8.57. The van der Waals surface area contributed by atoms with Crippen LogP contribution >= 0.6 is 11.8 Å². The molecule has 0 spiro atoms. The maximum Gasteiger partial charge on any atom is 0.120 e. The zero-order chi connectivity index (χ0) is 8.27. The summed E-state index contributed by atoms with van der Waals surface area (Å²) in [6.07, 6.45) is 3.46. The first kappa shape index (κ1) is 7.89. The lowest BCUT2D eigenvalue weighted by atomic mass is 10.2. The van der Waals surface area contributed by atoms with E-state index in [4.69, 9.17) is 11.0 Å². The van der Waals surface area contributed by atoms with Crippen LogP contribution in [0.15, 0.2) is 17.3 Å². The SMILES string of the molecule is CSc1nccc(C#N)c1N. The molecule has 2 N–H and O–H groups in total. The fraction of sp³-hybridized carbons (Fsp3) is 0.143. The van der Waals surface area contributed by atoms with Crippen molar-refractivity contribution >= 4 is 17.4 Å². The van der Waals surface area contributed by atoms with E-state index in [1.54, 1.807) is 12.3 Å². The van der Waals surface area contributed by atoms with Crippen LogP contribution in [-0.4, -0.2) is 11.2 Å². The number of hydrogen-bond acceptors (Lipinski definition) is 4. The zero-order valence-electron chi connectivity index (χ0n) is 6.03. The molecule has 11 heavy (non-hydrogen) atoms. The van der Waals surface area contributed by atoms with E-state index in [0.29, 0.717) is 16.3 Å². The van der Waals surface area contributed by atoms with Gasteiger partial charge in [0.1, 0.15) is 11.1 Å². The molecule has 0 aliphatic carbocycles. The van der Waals surface area contributed by atoms with Crippen molar-refractivity contribution in [1.82, 2.24) is 4.98 Å². The highest BCUT2D eigenvalue weighted by Crippen LogP contribution is 2.21. The monoisotopic (exact) mass is 165 g/mol. The minimum atomic E-state index is 0.475. The Kier molecular flexibility index (Phi) is 2.34. The summed E-state index contributed by atoms with van der Waals surface area (Å²) in [5, 5.41) is 9.28. The van der Waals surface area contributed by atoms with Gasteiger partial charge in [0.15, 0.2) is 0 Å². The van der Waals surface area contributed by atoms with Crippen molar-refractivity contribution in [3.63, 3.8) is 0 Å². The van der Waals surface area contributed by atoms with Crippen molar-refractivity contribution in [1.29, 1.82) is 5.26 Å². The van der Waals surface area contributed by atoms with Gasteiger partial charge >= 0.3 is 0 Å². The van der Waals surface area contributed by atoms with Crippen molar-refractivity contribution in [2.24, 2.45) is 0 Å². The smallest absolute Gasteiger partial charge is 0.120 e. The van der Waals surface area contributed by atoms with E-state index in [2.05, 4.69) is 4.98 Å². The molecule has 4 heteroatoms. The van der Waals surface area contributed by atoms with Gasteiger partial charge in [-0.3, -0.25) is 0 Å². The standard InChI is InChI=1S/C7H7N3S/c1-11-7-6(9)5(4-8)2-3-10-7/h2-3H,9H2,1H3. The maximum absolute atomic E-state index is 8.57. The van der Waals surface area contributed by atoms with Gasteiger partial charge in [-0.05, 0) is 12.3 Å². The summed E-state index contributed by atoms with van der Waals surface area (Å²) in [6.45, 7) is 0. The highest BCUT2D eigenvalue weighted by atomic mass is 32.2. The number of thioether (sulfide) groups is 1. The minimum absolute atomic E-state index is 0.475. The fourth-order valence-corrected chi connectivity index (χ4v) is 1.21. The van der Waals surface area contributed by atoms with Crippen LogP contribution in [0.5, 0.6) is 0 Å². The van der Waals surface area contributed by atoms with Gasteiger partial charge in [-0.1, -0.05) is 0 Å². The number of hydrogen-bond donors (Lipinski definition) is 1. The predicted octanol–water partition coefficient (Wildman–Crippen LogP) is 1.26. The van der Waals surface area contributed by atoms with Crippen molar-refractivity contribution < 1.29 is 0 Å². The lowest BCUT2D eigenvalue weighted by Gasteiger charge is -2.00. The number of nitrogen functional groups attached to an aromatic ring is 1. The van der Waals surface area contributed by atoms with Gasteiger partial charge in [0.25, 0.3) is 0 Å². The fourth-order valence-electron chi connectivity index (χ4n) is 0.714. The predicted molar refractivity (Wildman–Crippen MR) is 45.1 cm³/mol. The summed E-state index contributed by atoms with van der Waals surface area (Å²) in [5.74, 6) is 0. The third-order valence-corrected chi connectivity index (χ3v) is 1.98. The molecule has 0 aliphatic rings. The molecule has 1 heterocycles. The first-order chi connectivity index (χ1) is 5.29. The van der Waals surface area contributed by atoms with Gasteiger partial charge in [-0.2, -0.15) is 5.26 Å². The van der Waals surface area contributed by atoms with Gasteiger partial charge in [0, 0.05) is 6.20 Å². The number of nitrogens with two attached hydrogens (primary N) is 1. The summed E-state index contributed by atoms with van der Waals surface area (Å²) >= 11 is 1.44. The molecule has 0 bridgehead atoms. The van der Waals surface area contributed by atoms with E-state index in [-0.39, 0.29) is 0 Å². The average molecular weight is 165 g/mol. The van der Waals surface area contributed by atoms with Crippen molar-refractivity contribution in [2.75, 3.05) is 12.0 Å². The number of rotatable bonds is 1. The Balaban J connectivity index is 3.23. The molecule has 3 nitrogen and oxygen atoms in total. The summed E-state index contributed by atoms with van der Waals surface area (Å²) in [4.78, 5) is 3.99. The van der Waals surface area contributed by atoms with Crippen molar-refractivity contribution in [3.05, 3.63) is 17.8 Å². The third kappa shape index (κ3) is 1.44. The normalized spacial score (nSPS) is 9.09. The number of anilines is 1. The van der Waals surface area contributed by atoms with E-state index in [1.807, 2.05) is 12.3 Å². The third-order valence-electron chi connectivity index (χ3n) is 1.27. The van der Waals surface area contributed by atoms with Crippen LogP contribution in [0, 0.1) is 11.3 Å². The van der Waals surface area contributed by atoms with Crippen LogP contribution in [0.25, 0.3) is 0 Å². The van der Waals surface area contributed by atoms with Crippen LogP contribution in [0.1, 0.15) is 5.56 Å². The quantitative estimate of drug-likeness (QED) is 0.636. The number of aromatic nitrogens is 1.